The zero-order valence-electron chi connectivity index (χ0n) is 11.4. The molecule has 2 amide bonds. The van der Waals surface area contributed by atoms with Gasteiger partial charge < -0.3 is 4.74 Å². The molecule has 0 heterocycles. The van der Waals surface area contributed by atoms with Crippen LogP contribution in [0.1, 0.15) is 31.1 Å². The first-order chi connectivity index (χ1) is 8.70. The molecule has 1 aromatic carbocycles. The van der Waals surface area contributed by atoms with E-state index in [9.17, 15) is 9.59 Å². The Morgan fingerprint density at radius 2 is 1.84 bits per heavy atom. The highest BCUT2D eigenvalue weighted by Crippen LogP contribution is 2.15. The van der Waals surface area contributed by atoms with Crippen molar-refractivity contribution in [3.8, 4) is 0 Å². The summed E-state index contributed by atoms with van der Waals surface area (Å²) in [5.41, 5.74) is 2.06. The van der Waals surface area contributed by atoms with Crippen LogP contribution in [-0.4, -0.2) is 29.7 Å². The van der Waals surface area contributed by atoms with Crippen molar-refractivity contribution in [2.75, 3.05) is 7.05 Å². The molecule has 1 N–H and O–H groups in total. The highest BCUT2D eigenvalue weighted by atomic mass is 35.5. The van der Waals surface area contributed by atoms with Crippen molar-refractivity contribution in [1.29, 1.82) is 0 Å². The number of carbonyl (C=O) groups is 2. The van der Waals surface area contributed by atoms with Gasteiger partial charge in [-0.3, -0.25) is 10.2 Å². The minimum absolute atomic E-state index is 0.291. The number of hydrogen-bond acceptors (Lipinski definition) is 3. The maximum Gasteiger partial charge on any atom is 0.428 e. The second-order valence-electron chi connectivity index (χ2n) is 4.96. The van der Waals surface area contributed by atoms with Crippen LogP contribution in [0.25, 0.3) is 0 Å². The van der Waals surface area contributed by atoms with E-state index in [4.69, 9.17) is 16.3 Å². The van der Waals surface area contributed by atoms with Crippen molar-refractivity contribution in [2.45, 2.75) is 26.4 Å². The lowest BCUT2D eigenvalue weighted by molar-refractivity contribution is 0.0195. The largest absolute Gasteiger partial charge is 0.442 e. The van der Waals surface area contributed by atoms with E-state index in [1.165, 1.54) is 7.05 Å². The van der Waals surface area contributed by atoms with Gasteiger partial charge >= 0.3 is 6.09 Å². The third kappa shape index (κ3) is 4.79. The molecule has 0 fully saturated rings. The van der Waals surface area contributed by atoms with Gasteiger partial charge in [0.2, 0.25) is 0 Å². The molecule has 0 atom stereocenters. The van der Waals surface area contributed by atoms with Crippen molar-refractivity contribution < 1.29 is 14.3 Å². The van der Waals surface area contributed by atoms with Crippen LogP contribution in [0, 0.1) is 0 Å². The van der Waals surface area contributed by atoms with Crippen molar-refractivity contribution in [3.63, 3.8) is 0 Å². The number of nitrogens with zero attached hydrogens (tertiary/aromatic N) is 1. The molecule has 0 aliphatic heterocycles. The minimum Gasteiger partial charge on any atom is -0.442 e. The van der Waals surface area contributed by atoms with Gasteiger partial charge in [-0.1, -0.05) is 23.7 Å². The number of halogens is 1. The molecule has 0 saturated heterocycles. The first-order valence-electron chi connectivity index (χ1n) is 5.73. The van der Waals surface area contributed by atoms with Crippen molar-refractivity contribution in [1.82, 2.24) is 10.4 Å². The van der Waals surface area contributed by atoms with Crippen LogP contribution >= 0.6 is 11.6 Å². The molecule has 1 aromatic rings. The molecule has 0 aliphatic rings. The molecular weight excluding hydrogens is 268 g/mol. The fraction of sp³-hybridized carbons (Fsp3) is 0.385. The number of hydrogen-bond donors (Lipinski definition) is 1. The monoisotopic (exact) mass is 284 g/mol. The lowest BCUT2D eigenvalue weighted by Gasteiger charge is -2.24. The quantitative estimate of drug-likeness (QED) is 0.807. The third-order valence-corrected chi connectivity index (χ3v) is 2.38. The van der Waals surface area contributed by atoms with E-state index in [-0.39, 0.29) is 0 Å². The molecule has 0 bridgehead atoms. The van der Waals surface area contributed by atoms with Gasteiger partial charge in [-0.2, -0.15) is 0 Å². The van der Waals surface area contributed by atoms with Gasteiger partial charge in [0.1, 0.15) is 5.60 Å². The Hall–Kier alpha value is -1.75. The molecule has 0 aliphatic carbocycles. The molecule has 6 heteroatoms. The summed E-state index contributed by atoms with van der Waals surface area (Å²) in [6.45, 7) is 5.23. The summed E-state index contributed by atoms with van der Waals surface area (Å²) >= 11 is 5.89. The predicted molar refractivity (Wildman–Crippen MR) is 72.9 cm³/mol. The summed E-state index contributed by atoms with van der Waals surface area (Å²) in [5.74, 6) is -0.473. The van der Waals surface area contributed by atoms with Gasteiger partial charge in [0, 0.05) is 7.05 Å². The highest BCUT2D eigenvalue weighted by molar-refractivity contribution is 6.33. The number of amides is 2. The summed E-state index contributed by atoms with van der Waals surface area (Å²) in [6, 6.07) is 6.58. The average molecular weight is 285 g/mol. The fourth-order valence-corrected chi connectivity index (χ4v) is 1.46. The number of carbonyl (C=O) groups excluding carboxylic acids is 2. The molecule has 0 aromatic heterocycles. The molecular formula is C13H17ClN2O3. The molecule has 0 saturated carbocycles. The summed E-state index contributed by atoms with van der Waals surface area (Å²) in [4.78, 5) is 23.6. The standard InChI is InChI=1S/C13H17ClN2O3/c1-13(2,3)19-12(18)16(4)15-11(17)9-7-5-6-8-10(9)14/h5-8H,1-4H3,(H,15,17). The van der Waals surface area contributed by atoms with E-state index < -0.39 is 17.6 Å². The Balaban J connectivity index is 2.67. The number of hydrazine groups is 1. The SMILES string of the molecule is CN(NC(=O)c1ccccc1Cl)C(=O)OC(C)(C)C. The van der Waals surface area contributed by atoms with Crippen LogP contribution in [0.5, 0.6) is 0 Å². The molecule has 104 valence electrons. The Kier molecular flexibility index (Phi) is 4.78. The van der Waals surface area contributed by atoms with Gasteiger partial charge in [-0.15, -0.1) is 0 Å². The van der Waals surface area contributed by atoms with Gasteiger partial charge in [-0.05, 0) is 32.9 Å². The van der Waals surface area contributed by atoms with E-state index in [1.807, 2.05) is 0 Å². The van der Waals surface area contributed by atoms with Crippen LogP contribution in [0.2, 0.25) is 5.02 Å². The van der Waals surface area contributed by atoms with E-state index in [0.29, 0.717) is 10.6 Å². The molecule has 0 unspecified atom stereocenters. The Morgan fingerprint density at radius 3 is 2.37 bits per heavy atom. The van der Waals surface area contributed by atoms with Crippen molar-refractivity contribution in [3.05, 3.63) is 34.9 Å². The third-order valence-electron chi connectivity index (χ3n) is 2.06. The summed E-state index contributed by atoms with van der Waals surface area (Å²) in [6.07, 6.45) is -0.645. The van der Waals surface area contributed by atoms with Crippen LogP contribution in [0.15, 0.2) is 24.3 Å². The number of ether oxygens (including phenoxy) is 1. The summed E-state index contributed by atoms with van der Waals surface area (Å²) < 4.78 is 5.11. The maximum atomic E-state index is 11.9. The first kappa shape index (κ1) is 15.3. The Bertz CT molecular complexity index is 483. The van der Waals surface area contributed by atoms with Crippen LogP contribution in [0.3, 0.4) is 0 Å². The predicted octanol–water partition coefficient (Wildman–Crippen LogP) is 2.85. The zero-order chi connectivity index (χ0) is 14.6. The van der Waals surface area contributed by atoms with Crippen LogP contribution in [0.4, 0.5) is 4.79 Å². The van der Waals surface area contributed by atoms with E-state index in [2.05, 4.69) is 5.43 Å². The van der Waals surface area contributed by atoms with Gasteiger partial charge in [-0.25, -0.2) is 9.80 Å². The fourth-order valence-electron chi connectivity index (χ4n) is 1.23. The summed E-state index contributed by atoms with van der Waals surface area (Å²) in [7, 11) is 1.41. The molecule has 0 spiro atoms. The van der Waals surface area contributed by atoms with E-state index in [1.54, 1.807) is 45.0 Å². The molecule has 0 radical (unpaired) electrons. The number of benzene rings is 1. The summed E-state index contributed by atoms with van der Waals surface area (Å²) in [5, 5.41) is 1.30. The van der Waals surface area contributed by atoms with E-state index in [0.717, 1.165) is 5.01 Å². The molecule has 19 heavy (non-hydrogen) atoms. The molecule has 5 nitrogen and oxygen atoms in total. The highest BCUT2D eigenvalue weighted by Gasteiger charge is 2.21. The second-order valence-corrected chi connectivity index (χ2v) is 5.37. The van der Waals surface area contributed by atoms with Crippen LogP contribution < -0.4 is 5.43 Å². The average Bonchev–Trinajstić information content (AvgIpc) is 2.27. The smallest absolute Gasteiger partial charge is 0.428 e. The van der Waals surface area contributed by atoms with E-state index >= 15 is 0 Å². The minimum atomic E-state index is -0.645. The normalized spacial score (nSPS) is 10.8. The van der Waals surface area contributed by atoms with Crippen LogP contribution in [-0.2, 0) is 4.74 Å². The second kappa shape index (κ2) is 5.93. The lowest BCUT2D eigenvalue weighted by Crippen LogP contribution is -2.45. The van der Waals surface area contributed by atoms with Crippen molar-refractivity contribution >= 4 is 23.6 Å². The number of nitrogens with one attached hydrogen (secondary N) is 1. The number of rotatable bonds is 1. The molecule has 1 rings (SSSR count). The Labute approximate surface area is 117 Å². The van der Waals surface area contributed by atoms with Crippen molar-refractivity contribution in [2.24, 2.45) is 0 Å². The van der Waals surface area contributed by atoms with Gasteiger partial charge in [0.05, 0.1) is 10.6 Å². The van der Waals surface area contributed by atoms with Gasteiger partial charge in [0.25, 0.3) is 5.91 Å². The zero-order valence-corrected chi connectivity index (χ0v) is 12.1. The topological polar surface area (TPSA) is 58.6 Å². The lowest BCUT2D eigenvalue weighted by atomic mass is 10.2. The first-order valence-corrected chi connectivity index (χ1v) is 6.11. The Morgan fingerprint density at radius 1 is 1.26 bits per heavy atom. The maximum absolute atomic E-state index is 11.9. The van der Waals surface area contributed by atoms with Gasteiger partial charge in [0.15, 0.2) is 0 Å².